The summed E-state index contributed by atoms with van der Waals surface area (Å²) in [7, 11) is 1.19. The van der Waals surface area contributed by atoms with Crippen LogP contribution in [-0.2, 0) is 19.0 Å². The molecule has 2 aromatic carbocycles. The molecule has 0 heterocycles. The van der Waals surface area contributed by atoms with Gasteiger partial charge in [0.25, 0.3) is 0 Å². The summed E-state index contributed by atoms with van der Waals surface area (Å²) in [4.78, 5) is 48.6. The minimum Gasteiger partial charge on any atom is -0.467 e. The monoisotopic (exact) mass is 554 g/mol. The van der Waals surface area contributed by atoms with Crippen LogP contribution in [0.15, 0.2) is 48.5 Å². The van der Waals surface area contributed by atoms with Crippen molar-refractivity contribution in [2.45, 2.75) is 51.2 Å². The summed E-state index contributed by atoms with van der Waals surface area (Å²) in [6, 6.07) is 14.3. The lowest BCUT2D eigenvalue weighted by Crippen LogP contribution is -2.51. The summed E-state index contributed by atoms with van der Waals surface area (Å²) in [6.45, 7) is 6.01. The molecule has 0 aromatic heterocycles. The van der Waals surface area contributed by atoms with E-state index in [9.17, 15) is 19.2 Å². The van der Waals surface area contributed by atoms with Crippen LogP contribution in [0.3, 0.4) is 0 Å². The van der Waals surface area contributed by atoms with Gasteiger partial charge in [-0.2, -0.15) is 0 Å². The Kier molecular flexibility index (Phi) is 10.7. The number of methoxy groups -OCH3 is 1. The van der Waals surface area contributed by atoms with Crippen molar-refractivity contribution in [2.24, 2.45) is 0 Å². The molecular formula is C29H38N4O7. The van der Waals surface area contributed by atoms with Gasteiger partial charge < -0.3 is 35.5 Å². The Morgan fingerprint density at radius 1 is 0.825 bits per heavy atom. The Labute approximate surface area is 234 Å². The van der Waals surface area contributed by atoms with Crippen LogP contribution in [0.5, 0.6) is 0 Å². The van der Waals surface area contributed by atoms with E-state index in [2.05, 4.69) is 21.3 Å². The van der Waals surface area contributed by atoms with Crippen LogP contribution < -0.4 is 21.3 Å². The molecule has 0 bridgehead atoms. The Balaban J connectivity index is 1.40. The second-order valence-electron chi connectivity index (χ2n) is 10.3. The van der Waals surface area contributed by atoms with Gasteiger partial charge in [-0.3, -0.25) is 0 Å². The fourth-order valence-electron chi connectivity index (χ4n) is 4.33. The predicted octanol–water partition coefficient (Wildman–Crippen LogP) is 3.67. The summed E-state index contributed by atoms with van der Waals surface area (Å²) < 4.78 is 15.4. The van der Waals surface area contributed by atoms with Gasteiger partial charge in [0.15, 0.2) is 0 Å². The number of ether oxygens (including phenoxy) is 3. The molecule has 0 saturated heterocycles. The Bertz CT molecular complexity index is 1150. The van der Waals surface area contributed by atoms with Crippen LogP contribution >= 0.6 is 0 Å². The first-order chi connectivity index (χ1) is 19.1. The van der Waals surface area contributed by atoms with E-state index in [0.29, 0.717) is 25.9 Å². The minimum absolute atomic E-state index is 0.0877. The second kappa shape index (κ2) is 14.2. The van der Waals surface area contributed by atoms with Gasteiger partial charge in [-0.05, 0) is 55.9 Å². The largest absolute Gasteiger partial charge is 0.467 e. The normalized spacial score (nSPS) is 12.8. The van der Waals surface area contributed by atoms with Crippen molar-refractivity contribution < 1.29 is 33.4 Å². The number of esters is 1. The summed E-state index contributed by atoms with van der Waals surface area (Å²) >= 11 is 0. The number of unbranched alkanes of at least 4 members (excludes halogenated alkanes) is 1. The third-order valence-electron chi connectivity index (χ3n) is 6.15. The highest BCUT2D eigenvalue weighted by atomic mass is 16.6. The molecule has 11 heteroatoms. The van der Waals surface area contributed by atoms with E-state index in [1.165, 1.54) is 7.11 Å². The predicted molar refractivity (Wildman–Crippen MR) is 149 cm³/mol. The molecule has 4 N–H and O–H groups in total. The van der Waals surface area contributed by atoms with Gasteiger partial charge in [0.05, 0.1) is 13.7 Å². The zero-order valence-corrected chi connectivity index (χ0v) is 23.4. The third kappa shape index (κ3) is 8.89. The van der Waals surface area contributed by atoms with E-state index in [0.717, 1.165) is 22.3 Å². The summed E-state index contributed by atoms with van der Waals surface area (Å²) in [5.41, 5.74) is 3.79. The topological polar surface area (TPSA) is 144 Å². The van der Waals surface area contributed by atoms with Crippen LogP contribution in [0.1, 0.15) is 50.7 Å². The maximum atomic E-state index is 12.6. The SMILES string of the molecule is COC(=O)[C@H](CNC(=O)NCCCCNC(=O)OC(C)(C)C)NC(=O)OCC1c2ccccc2-c2ccccc21. The van der Waals surface area contributed by atoms with Crippen molar-refractivity contribution in [3.8, 4) is 11.1 Å². The van der Waals surface area contributed by atoms with Crippen LogP contribution in [0.2, 0.25) is 0 Å². The standard InChI is InChI=1S/C29H38N4O7/c1-29(2,3)40-27(36)31-16-10-9-15-30-26(35)32-17-24(25(34)38-4)33-28(37)39-18-23-21-13-7-5-11-19(21)20-12-6-8-14-22(20)23/h5-8,11-14,23-24H,9-10,15-18H2,1-4H3,(H,31,36)(H,33,37)(H2,30,32,35)/t24-/m0/s1. The van der Waals surface area contributed by atoms with Gasteiger partial charge >= 0.3 is 24.2 Å². The first kappa shape index (κ1) is 30.3. The molecule has 0 unspecified atom stereocenters. The lowest BCUT2D eigenvalue weighted by atomic mass is 9.98. The number of fused-ring (bicyclic) bond motifs is 3. The van der Waals surface area contributed by atoms with Gasteiger partial charge in [0.1, 0.15) is 18.2 Å². The average Bonchev–Trinajstić information content (AvgIpc) is 3.24. The minimum atomic E-state index is -1.13. The van der Waals surface area contributed by atoms with Crippen molar-refractivity contribution in [3.05, 3.63) is 59.7 Å². The number of carbonyl (C=O) groups is 4. The molecule has 40 heavy (non-hydrogen) atoms. The number of benzene rings is 2. The molecule has 2 aromatic rings. The van der Waals surface area contributed by atoms with Gasteiger partial charge in [0.2, 0.25) is 0 Å². The third-order valence-corrected chi connectivity index (χ3v) is 6.15. The van der Waals surface area contributed by atoms with Crippen LogP contribution in [0, 0.1) is 0 Å². The number of rotatable bonds is 11. The first-order valence-corrected chi connectivity index (χ1v) is 13.3. The van der Waals surface area contributed by atoms with E-state index < -0.39 is 35.8 Å². The van der Waals surface area contributed by atoms with E-state index in [1.54, 1.807) is 20.8 Å². The molecular weight excluding hydrogens is 516 g/mol. The van der Waals surface area contributed by atoms with Crippen molar-refractivity contribution in [1.29, 1.82) is 0 Å². The number of alkyl carbamates (subject to hydrolysis) is 2. The van der Waals surface area contributed by atoms with Gasteiger partial charge in [-0.1, -0.05) is 48.5 Å². The number of carbonyl (C=O) groups excluding carboxylic acids is 4. The zero-order chi connectivity index (χ0) is 29.1. The molecule has 1 atom stereocenters. The molecule has 4 amide bonds. The van der Waals surface area contributed by atoms with Crippen molar-refractivity contribution in [1.82, 2.24) is 21.3 Å². The molecule has 11 nitrogen and oxygen atoms in total. The van der Waals surface area contributed by atoms with Crippen molar-refractivity contribution >= 4 is 24.2 Å². The smallest absolute Gasteiger partial charge is 0.407 e. The number of hydrogen-bond acceptors (Lipinski definition) is 7. The quantitative estimate of drug-likeness (QED) is 0.188. The molecule has 1 aliphatic carbocycles. The fraction of sp³-hybridized carbons (Fsp3) is 0.448. The second-order valence-corrected chi connectivity index (χ2v) is 10.3. The first-order valence-electron chi connectivity index (χ1n) is 13.3. The van der Waals surface area contributed by atoms with E-state index >= 15 is 0 Å². The molecule has 0 fully saturated rings. The van der Waals surface area contributed by atoms with Gasteiger partial charge in [-0.15, -0.1) is 0 Å². The zero-order valence-electron chi connectivity index (χ0n) is 23.4. The maximum Gasteiger partial charge on any atom is 0.407 e. The Morgan fingerprint density at radius 3 is 1.98 bits per heavy atom. The Morgan fingerprint density at radius 2 is 1.40 bits per heavy atom. The summed E-state index contributed by atoms with van der Waals surface area (Å²) in [6.07, 6.45) is -0.0390. The maximum absolute atomic E-state index is 12.6. The number of hydrogen-bond donors (Lipinski definition) is 4. The molecule has 1 aliphatic rings. The highest BCUT2D eigenvalue weighted by Crippen LogP contribution is 2.44. The van der Waals surface area contributed by atoms with Crippen molar-refractivity contribution in [3.63, 3.8) is 0 Å². The molecule has 0 aliphatic heterocycles. The van der Waals surface area contributed by atoms with Crippen LogP contribution in [0.4, 0.5) is 14.4 Å². The lowest BCUT2D eigenvalue weighted by molar-refractivity contribution is -0.142. The highest BCUT2D eigenvalue weighted by molar-refractivity contribution is 5.83. The van der Waals surface area contributed by atoms with Gasteiger partial charge in [0, 0.05) is 19.0 Å². The molecule has 0 spiro atoms. The summed E-state index contributed by atoms with van der Waals surface area (Å²) in [5, 5.41) is 10.3. The highest BCUT2D eigenvalue weighted by Gasteiger charge is 2.30. The fourth-order valence-corrected chi connectivity index (χ4v) is 4.33. The average molecular weight is 555 g/mol. The molecule has 3 rings (SSSR count). The van der Waals surface area contributed by atoms with Gasteiger partial charge in [-0.25, -0.2) is 19.2 Å². The van der Waals surface area contributed by atoms with E-state index in [1.807, 2.05) is 48.5 Å². The molecule has 216 valence electrons. The Hall–Kier alpha value is -4.28. The lowest BCUT2D eigenvalue weighted by Gasteiger charge is -2.19. The van der Waals surface area contributed by atoms with Crippen molar-refractivity contribution in [2.75, 3.05) is 33.4 Å². The molecule has 0 radical (unpaired) electrons. The summed E-state index contributed by atoms with van der Waals surface area (Å²) in [5.74, 6) is -0.847. The number of urea groups is 1. The number of amides is 4. The van der Waals surface area contributed by atoms with Crippen LogP contribution in [0.25, 0.3) is 11.1 Å². The van der Waals surface area contributed by atoms with Crippen LogP contribution in [-0.4, -0.2) is 69.2 Å². The molecule has 0 saturated carbocycles. The number of nitrogens with one attached hydrogen (secondary N) is 4. The van der Waals surface area contributed by atoms with E-state index in [4.69, 9.17) is 14.2 Å². The van der Waals surface area contributed by atoms with E-state index in [-0.39, 0.29) is 19.1 Å².